The van der Waals surface area contributed by atoms with Crippen molar-refractivity contribution in [2.24, 2.45) is 5.73 Å². The predicted octanol–water partition coefficient (Wildman–Crippen LogP) is -1.34. The van der Waals surface area contributed by atoms with Gasteiger partial charge in [0.25, 0.3) is 0 Å². The highest BCUT2D eigenvalue weighted by molar-refractivity contribution is 6.46. The van der Waals surface area contributed by atoms with E-state index in [4.69, 9.17) is 10.8 Å². The zero-order chi connectivity index (χ0) is 7.72. The molecule has 0 bridgehead atoms. The number of hydrogen-bond acceptors (Lipinski definition) is 3. The molecule has 1 rings (SSSR count). The third-order valence-corrected chi connectivity index (χ3v) is 1.87. The van der Waals surface area contributed by atoms with Gasteiger partial charge in [0.05, 0.1) is 6.04 Å². The molecule has 0 aliphatic carbocycles. The first-order chi connectivity index (χ1) is 4.63. The van der Waals surface area contributed by atoms with Gasteiger partial charge in [-0.2, -0.15) is 0 Å². The van der Waals surface area contributed by atoms with Gasteiger partial charge in [0.2, 0.25) is 5.91 Å². The zero-order valence-electron chi connectivity index (χ0n) is 5.95. The molecule has 0 aromatic rings. The van der Waals surface area contributed by atoms with Gasteiger partial charge in [-0.05, 0) is 19.8 Å². The fourth-order valence-electron chi connectivity index (χ4n) is 1.16. The Morgan fingerprint density at radius 3 is 2.60 bits per heavy atom. The SMILES string of the molecule is CB(O)N1CC[C@H]1C(N)=O. The Morgan fingerprint density at radius 1 is 1.90 bits per heavy atom. The summed E-state index contributed by atoms with van der Waals surface area (Å²) >= 11 is 0. The summed E-state index contributed by atoms with van der Waals surface area (Å²) in [6.45, 7) is 2.40. The number of amides is 1. The molecule has 1 atom stereocenters. The summed E-state index contributed by atoms with van der Waals surface area (Å²) in [5, 5.41) is 9.01. The number of nitrogens with zero attached hydrogens (tertiary/aromatic N) is 1. The van der Waals surface area contributed by atoms with Crippen LogP contribution in [0.1, 0.15) is 6.42 Å². The van der Waals surface area contributed by atoms with Gasteiger partial charge in [0.1, 0.15) is 0 Å². The van der Waals surface area contributed by atoms with E-state index in [1.54, 1.807) is 11.6 Å². The number of hydrogen-bond donors (Lipinski definition) is 2. The van der Waals surface area contributed by atoms with Crippen LogP contribution in [0.25, 0.3) is 0 Å². The van der Waals surface area contributed by atoms with Gasteiger partial charge in [-0.25, -0.2) is 0 Å². The Morgan fingerprint density at radius 2 is 2.50 bits per heavy atom. The van der Waals surface area contributed by atoms with E-state index in [9.17, 15) is 4.79 Å². The van der Waals surface area contributed by atoms with Crippen molar-refractivity contribution in [1.82, 2.24) is 4.81 Å². The van der Waals surface area contributed by atoms with E-state index in [1.165, 1.54) is 0 Å². The fraction of sp³-hybridized carbons (Fsp3) is 0.800. The standard InChI is InChI=1S/C5H11BN2O2/c1-6(10)8-3-2-4(8)5(7)9/h4,10H,2-3H2,1H3,(H2,7,9)/t4-/m0/s1. The van der Waals surface area contributed by atoms with Crippen LogP contribution in [0, 0.1) is 0 Å². The van der Waals surface area contributed by atoms with Gasteiger partial charge in [0, 0.05) is 0 Å². The maximum atomic E-state index is 10.6. The molecular formula is C5H11BN2O2. The molecule has 1 amide bonds. The van der Waals surface area contributed by atoms with E-state index < -0.39 is 7.05 Å². The van der Waals surface area contributed by atoms with Crippen LogP contribution < -0.4 is 5.73 Å². The van der Waals surface area contributed by atoms with Crippen molar-refractivity contribution in [2.45, 2.75) is 19.3 Å². The largest absolute Gasteiger partial charge is 0.437 e. The maximum absolute atomic E-state index is 10.6. The minimum absolute atomic E-state index is 0.236. The van der Waals surface area contributed by atoms with E-state index in [-0.39, 0.29) is 11.9 Å². The van der Waals surface area contributed by atoms with Crippen LogP contribution in [0.15, 0.2) is 0 Å². The van der Waals surface area contributed by atoms with Crippen LogP contribution in [0.2, 0.25) is 6.82 Å². The van der Waals surface area contributed by atoms with Crippen molar-refractivity contribution in [3.05, 3.63) is 0 Å². The quantitative estimate of drug-likeness (QED) is 0.468. The molecule has 5 heteroatoms. The minimum Gasteiger partial charge on any atom is -0.437 e. The first kappa shape index (κ1) is 7.56. The maximum Gasteiger partial charge on any atom is 0.377 e. The zero-order valence-corrected chi connectivity index (χ0v) is 5.95. The van der Waals surface area contributed by atoms with Crippen LogP contribution in [-0.2, 0) is 4.79 Å². The van der Waals surface area contributed by atoms with Gasteiger partial charge < -0.3 is 15.6 Å². The summed E-state index contributed by atoms with van der Waals surface area (Å²) in [6.07, 6.45) is 0.778. The lowest BCUT2D eigenvalue weighted by Gasteiger charge is -2.39. The van der Waals surface area contributed by atoms with Crippen molar-refractivity contribution < 1.29 is 9.82 Å². The monoisotopic (exact) mass is 142 g/mol. The molecular weight excluding hydrogens is 131 g/mol. The summed E-state index contributed by atoms with van der Waals surface area (Å²) < 4.78 is 0. The smallest absolute Gasteiger partial charge is 0.377 e. The van der Waals surface area contributed by atoms with E-state index in [2.05, 4.69) is 0 Å². The highest BCUT2D eigenvalue weighted by Crippen LogP contribution is 2.16. The third kappa shape index (κ3) is 1.15. The Kier molecular flexibility index (Phi) is 1.96. The summed E-state index contributed by atoms with van der Waals surface area (Å²) in [6, 6.07) is -0.236. The average molecular weight is 142 g/mol. The Balaban J connectivity index is 2.43. The number of rotatable bonds is 2. The van der Waals surface area contributed by atoms with Crippen LogP contribution in [-0.4, -0.2) is 35.4 Å². The summed E-state index contributed by atoms with van der Waals surface area (Å²) in [5.74, 6) is -0.341. The number of carbonyl (C=O) groups is 1. The van der Waals surface area contributed by atoms with Crippen molar-refractivity contribution >= 4 is 13.0 Å². The second-order valence-corrected chi connectivity index (χ2v) is 2.58. The Bertz CT molecular complexity index is 151. The van der Waals surface area contributed by atoms with Gasteiger partial charge >= 0.3 is 7.05 Å². The third-order valence-electron chi connectivity index (χ3n) is 1.87. The second kappa shape index (κ2) is 2.60. The fourth-order valence-corrected chi connectivity index (χ4v) is 1.16. The molecule has 0 unspecified atom stereocenters. The number of carbonyl (C=O) groups excluding carboxylic acids is 1. The van der Waals surface area contributed by atoms with E-state index in [1.807, 2.05) is 0 Å². The minimum atomic E-state index is -0.550. The molecule has 0 aromatic heterocycles. The summed E-state index contributed by atoms with van der Waals surface area (Å²) in [7, 11) is -0.550. The van der Waals surface area contributed by atoms with Crippen molar-refractivity contribution in [3.8, 4) is 0 Å². The molecule has 0 saturated carbocycles. The Hall–Kier alpha value is -0.545. The molecule has 1 heterocycles. The molecule has 1 fully saturated rings. The molecule has 56 valence electrons. The van der Waals surface area contributed by atoms with Crippen molar-refractivity contribution in [2.75, 3.05) is 6.54 Å². The molecule has 3 N–H and O–H groups in total. The summed E-state index contributed by atoms with van der Waals surface area (Å²) in [5.41, 5.74) is 5.03. The normalized spacial score (nSPS) is 25.6. The number of nitrogens with two attached hydrogens (primary N) is 1. The molecule has 1 saturated heterocycles. The molecule has 0 spiro atoms. The molecule has 4 nitrogen and oxygen atoms in total. The van der Waals surface area contributed by atoms with Crippen molar-refractivity contribution in [1.29, 1.82) is 0 Å². The highest BCUT2D eigenvalue weighted by atomic mass is 16.2. The topological polar surface area (TPSA) is 66.6 Å². The molecule has 0 radical (unpaired) electrons. The van der Waals surface area contributed by atoms with Gasteiger partial charge in [0.15, 0.2) is 0 Å². The molecule has 1 aliphatic heterocycles. The lowest BCUT2D eigenvalue weighted by atomic mass is 9.78. The van der Waals surface area contributed by atoms with E-state index in [0.717, 1.165) is 13.0 Å². The molecule has 10 heavy (non-hydrogen) atoms. The first-order valence-electron chi connectivity index (χ1n) is 3.36. The van der Waals surface area contributed by atoms with Gasteiger partial charge in [-0.15, -0.1) is 0 Å². The molecule has 0 aromatic carbocycles. The molecule has 1 aliphatic rings. The summed E-state index contributed by atoms with van der Waals surface area (Å²) in [4.78, 5) is 12.2. The lowest BCUT2D eigenvalue weighted by Crippen LogP contribution is -2.60. The number of primary amides is 1. The van der Waals surface area contributed by atoms with Crippen molar-refractivity contribution in [3.63, 3.8) is 0 Å². The highest BCUT2D eigenvalue weighted by Gasteiger charge is 2.36. The predicted molar refractivity (Wildman–Crippen MR) is 38.1 cm³/mol. The van der Waals surface area contributed by atoms with Gasteiger partial charge in [-0.1, -0.05) is 0 Å². The lowest BCUT2D eigenvalue weighted by molar-refractivity contribution is -0.124. The van der Waals surface area contributed by atoms with E-state index in [0.29, 0.717) is 0 Å². The van der Waals surface area contributed by atoms with Crippen LogP contribution in [0.3, 0.4) is 0 Å². The second-order valence-electron chi connectivity index (χ2n) is 2.58. The van der Waals surface area contributed by atoms with Gasteiger partial charge in [-0.3, -0.25) is 4.79 Å². The van der Waals surface area contributed by atoms with Crippen LogP contribution in [0.4, 0.5) is 0 Å². The van der Waals surface area contributed by atoms with Crippen LogP contribution in [0.5, 0.6) is 0 Å². The average Bonchev–Trinajstić information content (AvgIpc) is 1.56. The van der Waals surface area contributed by atoms with Crippen LogP contribution >= 0.6 is 0 Å². The Labute approximate surface area is 60.1 Å². The first-order valence-corrected chi connectivity index (χ1v) is 3.36. The van der Waals surface area contributed by atoms with E-state index >= 15 is 0 Å².